The van der Waals surface area contributed by atoms with Crippen molar-refractivity contribution in [2.24, 2.45) is 5.92 Å². The van der Waals surface area contributed by atoms with Gasteiger partial charge in [0.25, 0.3) is 0 Å². The van der Waals surface area contributed by atoms with Gasteiger partial charge in [-0.25, -0.2) is 9.59 Å². The molecular weight excluding hydrogens is 391 g/mol. The van der Waals surface area contributed by atoms with Gasteiger partial charge in [0, 0.05) is 12.1 Å². The molecule has 0 aliphatic heterocycles. The molecule has 2 aliphatic carbocycles. The van der Waals surface area contributed by atoms with Crippen LogP contribution >= 0.6 is 0 Å². The van der Waals surface area contributed by atoms with E-state index in [1.807, 2.05) is 5.32 Å². The Hall–Kier alpha value is -2.00. The predicted octanol–water partition coefficient (Wildman–Crippen LogP) is 4.02. The van der Waals surface area contributed by atoms with Crippen LogP contribution in [0, 0.1) is 5.92 Å². The molecule has 0 aromatic rings. The maximum Gasteiger partial charge on any atom is 0.409 e. The molecule has 29 heavy (non-hydrogen) atoms. The fourth-order valence-corrected chi connectivity index (χ4v) is 4.29. The van der Waals surface area contributed by atoms with E-state index in [-0.39, 0.29) is 12.1 Å². The standard InChI is InChI=1S/C19H30F3N3O4/c1-12-7-9-14(10-8-12)25(13-5-3-2-4-6-13)18(29)24-17(28)23-15(11-16(26)27)19(20,21)22/h12-15H,2-11H2,1H3,(H,26,27)(H2,23,24,28,29). The molecule has 7 nitrogen and oxygen atoms in total. The maximum atomic E-state index is 13.0. The molecule has 2 aliphatic rings. The highest BCUT2D eigenvalue weighted by molar-refractivity contribution is 5.94. The van der Waals surface area contributed by atoms with Crippen LogP contribution in [-0.2, 0) is 4.79 Å². The summed E-state index contributed by atoms with van der Waals surface area (Å²) in [4.78, 5) is 37.2. The summed E-state index contributed by atoms with van der Waals surface area (Å²) >= 11 is 0. The SMILES string of the molecule is CC1CCC(N(C(=O)NC(=O)NC(CC(=O)O)C(F)(F)F)C2CCCCC2)CC1. The van der Waals surface area contributed by atoms with Crippen molar-refractivity contribution in [1.82, 2.24) is 15.5 Å². The third-order valence-electron chi connectivity index (χ3n) is 5.88. The van der Waals surface area contributed by atoms with E-state index >= 15 is 0 Å². The Kier molecular flexibility index (Phi) is 8.15. The third-order valence-corrected chi connectivity index (χ3v) is 5.88. The van der Waals surface area contributed by atoms with E-state index in [0.29, 0.717) is 5.92 Å². The summed E-state index contributed by atoms with van der Waals surface area (Å²) < 4.78 is 38.9. The molecule has 166 valence electrons. The van der Waals surface area contributed by atoms with Crippen molar-refractivity contribution < 1.29 is 32.7 Å². The summed E-state index contributed by atoms with van der Waals surface area (Å²) in [5.74, 6) is -1.13. The van der Waals surface area contributed by atoms with Gasteiger partial charge in [-0.3, -0.25) is 10.1 Å². The van der Waals surface area contributed by atoms with Gasteiger partial charge in [-0.15, -0.1) is 0 Å². The number of aliphatic carboxylic acids is 1. The summed E-state index contributed by atoms with van der Waals surface area (Å²) in [6.07, 6.45) is 1.93. The zero-order chi connectivity index (χ0) is 21.6. The zero-order valence-electron chi connectivity index (χ0n) is 16.6. The molecule has 2 fully saturated rings. The number of carboxylic acids is 1. The Morgan fingerprint density at radius 2 is 1.55 bits per heavy atom. The van der Waals surface area contributed by atoms with Crippen LogP contribution in [0.25, 0.3) is 0 Å². The molecule has 10 heteroatoms. The summed E-state index contributed by atoms with van der Waals surface area (Å²) in [6.45, 7) is 2.15. The van der Waals surface area contributed by atoms with Crippen molar-refractivity contribution in [3.8, 4) is 0 Å². The van der Waals surface area contributed by atoms with Crippen LogP contribution in [0.15, 0.2) is 0 Å². The highest BCUT2D eigenvalue weighted by atomic mass is 19.4. The third kappa shape index (κ3) is 7.08. The second kappa shape index (κ2) is 10.2. The first-order valence-corrected chi connectivity index (χ1v) is 10.3. The molecule has 2 rings (SSSR count). The molecule has 0 bridgehead atoms. The van der Waals surface area contributed by atoms with Crippen LogP contribution in [0.4, 0.5) is 22.8 Å². The van der Waals surface area contributed by atoms with Crippen LogP contribution in [0.1, 0.15) is 71.1 Å². The largest absolute Gasteiger partial charge is 0.481 e. The number of carbonyl (C=O) groups is 3. The first-order chi connectivity index (χ1) is 13.6. The van der Waals surface area contributed by atoms with Gasteiger partial charge >= 0.3 is 24.2 Å². The quantitative estimate of drug-likeness (QED) is 0.624. The van der Waals surface area contributed by atoms with Crippen LogP contribution in [-0.4, -0.2) is 52.3 Å². The van der Waals surface area contributed by atoms with Crippen LogP contribution in [0.3, 0.4) is 0 Å². The number of carbonyl (C=O) groups excluding carboxylic acids is 2. The smallest absolute Gasteiger partial charge is 0.409 e. The molecule has 0 aromatic heterocycles. The number of rotatable bonds is 5. The van der Waals surface area contributed by atoms with Gasteiger partial charge in [0.15, 0.2) is 0 Å². The Morgan fingerprint density at radius 3 is 2.07 bits per heavy atom. The van der Waals surface area contributed by atoms with Gasteiger partial charge < -0.3 is 15.3 Å². The number of hydrogen-bond acceptors (Lipinski definition) is 3. The fraction of sp³-hybridized carbons (Fsp3) is 0.842. The minimum absolute atomic E-state index is 0.0348. The molecule has 4 amide bonds. The lowest BCUT2D eigenvalue weighted by atomic mass is 9.84. The topological polar surface area (TPSA) is 98.7 Å². The van der Waals surface area contributed by atoms with Crippen molar-refractivity contribution in [3.63, 3.8) is 0 Å². The fourth-order valence-electron chi connectivity index (χ4n) is 4.29. The number of amides is 4. The summed E-state index contributed by atoms with van der Waals surface area (Å²) in [6, 6.07) is -4.67. The molecule has 0 saturated heterocycles. The molecule has 1 unspecified atom stereocenters. The van der Waals surface area contributed by atoms with E-state index in [0.717, 1.165) is 57.8 Å². The highest BCUT2D eigenvalue weighted by Gasteiger charge is 2.42. The Morgan fingerprint density at radius 1 is 1.00 bits per heavy atom. The second-order valence-electron chi connectivity index (χ2n) is 8.21. The number of carboxylic acid groups (broad SMARTS) is 1. The minimum Gasteiger partial charge on any atom is -0.481 e. The number of imide groups is 1. The molecular formula is C19H30F3N3O4. The number of nitrogens with one attached hydrogen (secondary N) is 2. The molecule has 0 aromatic carbocycles. The summed E-state index contributed by atoms with van der Waals surface area (Å²) in [7, 11) is 0. The average Bonchev–Trinajstić information content (AvgIpc) is 2.62. The van der Waals surface area contributed by atoms with Gasteiger partial charge in [-0.1, -0.05) is 26.2 Å². The average molecular weight is 421 g/mol. The maximum absolute atomic E-state index is 13.0. The van der Waals surface area contributed by atoms with E-state index in [1.165, 1.54) is 0 Å². The molecule has 0 heterocycles. The van der Waals surface area contributed by atoms with E-state index in [4.69, 9.17) is 5.11 Å². The lowest BCUT2D eigenvalue weighted by Crippen LogP contribution is -2.57. The van der Waals surface area contributed by atoms with Crippen molar-refractivity contribution in [2.75, 3.05) is 0 Å². The molecule has 3 N–H and O–H groups in total. The number of hydrogen-bond donors (Lipinski definition) is 3. The molecule has 1 atom stereocenters. The predicted molar refractivity (Wildman–Crippen MR) is 99.3 cm³/mol. The van der Waals surface area contributed by atoms with Gasteiger partial charge in [0.2, 0.25) is 0 Å². The van der Waals surface area contributed by atoms with Crippen LogP contribution in [0.5, 0.6) is 0 Å². The van der Waals surface area contributed by atoms with Crippen molar-refractivity contribution in [1.29, 1.82) is 0 Å². The van der Waals surface area contributed by atoms with Crippen LogP contribution in [0.2, 0.25) is 0 Å². The first-order valence-electron chi connectivity index (χ1n) is 10.3. The Balaban J connectivity index is 2.05. The zero-order valence-corrected chi connectivity index (χ0v) is 16.6. The van der Waals surface area contributed by atoms with E-state index in [2.05, 4.69) is 6.92 Å². The van der Waals surface area contributed by atoms with Crippen LogP contribution < -0.4 is 10.6 Å². The summed E-state index contributed by atoms with van der Waals surface area (Å²) in [5.41, 5.74) is 0. The minimum atomic E-state index is -4.93. The number of alkyl halides is 3. The summed E-state index contributed by atoms with van der Waals surface area (Å²) in [5, 5.41) is 12.2. The normalized spacial score (nSPS) is 24.4. The van der Waals surface area contributed by atoms with E-state index in [1.54, 1.807) is 10.2 Å². The Labute approximate surface area is 168 Å². The lowest BCUT2D eigenvalue weighted by Gasteiger charge is -2.42. The Bertz CT molecular complexity index is 586. The van der Waals surface area contributed by atoms with Gasteiger partial charge in [0.1, 0.15) is 6.04 Å². The highest BCUT2D eigenvalue weighted by Crippen LogP contribution is 2.32. The monoisotopic (exact) mass is 421 g/mol. The van der Waals surface area contributed by atoms with E-state index < -0.39 is 36.7 Å². The lowest BCUT2D eigenvalue weighted by molar-refractivity contribution is -0.165. The second-order valence-corrected chi connectivity index (χ2v) is 8.21. The van der Waals surface area contributed by atoms with Crippen molar-refractivity contribution in [3.05, 3.63) is 0 Å². The molecule has 2 saturated carbocycles. The van der Waals surface area contributed by atoms with Crippen molar-refractivity contribution >= 4 is 18.0 Å². The van der Waals surface area contributed by atoms with Crippen molar-refractivity contribution in [2.45, 2.75) is 95.4 Å². The van der Waals surface area contributed by atoms with E-state index in [9.17, 15) is 27.6 Å². The molecule has 0 radical (unpaired) electrons. The van der Waals surface area contributed by atoms with Gasteiger partial charge in [-0.2, -0.15) is 13.2 Å². The first kappa shape index (κ1) is 23.3. The molecule has 0 spiro atoms. The number of urea groups is 2. The number of halogens is 3. The number of nitrogens with zero attached hydrogens (tertiary/aromatic N) is 1. The van der Waals surface area contributed by atoms with Gasteiger partial charge in [-0.05, 0) is 44.4 Å². The van der Waals surface area contributed by atoms with Gasteiger partial charge in [0.05, 0.1) is 6.42 Å².